The van der Waals surface area contributed by atoms with E-state index in [2.05, 4.69) is 12.1 Å². The highest BCUT2D eigenvalue weighted by Gasteiger charge is 2.10. The zero-order chi connectivity index (χ0) is 13.5. The molecule has 94 valence electrons. The second kappa shape index (κ2) is 6.77. The van der Waals surface area contributed by atoms with E-state index in [0.29, 0.717) is 5.56 Å². The molecule has 0 atom stereocenters. The standard InChI is InChI=1S/C16H13NOS/c17-11-10-15(18)14-8-4-5-9-16(14)19-12-13-6-2-1-3-7-13/h1-9H,10,12H2. The Bertz CT molecular complexity index is 602. The van der Waals surface area contributed by atoms with E-state index in [-0.39, 0.29) is 12.2 Å². The third kappa shape index (κ3) is 3.70. The average Bonchev–Trinajstić information content (AvgIpc) is 2.47. The maximum absolute atomic E-state index is 11.8. The number of Topliss-reactive ketones (excluding diaryl/α,β-unsaturated/α-hetero) is 1. The van der Waals surface area contributed by atoms with E-state index >= 15 is 0 Å². The molecule has 19 heavy (non-hydrogen) atoms. The molecule has 0 N–H and O–H groups in total. The molecular formula is C16H13NOS. The Morgan fingerprint density at radius 2 is 1.74 bits per heavy atom. The molecule has 2 nitrogen and oxygen atoms in total. The van der Waals surface area contributed by atoms with Crippen LogP contribution in [0.1, 0.15) is 22.3 Å². The van der Waals surface area contributed by atoms with E-state index in [1.54, 1.807) is 17.8 Å². The first-order valence-corrected chi connectivity index (χ1v) is 6.95. The predicted octanol–water partition coefficient (Wildman–Crippen LogP) is 4.08. The molecule has 3 heteroatoms. The SMILES string of the molecule is N#CCC(=O)c1ccccc1SCc1ccccc1. The number of carbonyl (C=O) groups is 1. The second-order valence-corrected chi connectivity index (χ2v) is 5.05. The molecule has 0 saturated carbocycles. The Balaban J connectivity index is 2.12. The molecule has 0 amide bonds. The first-order chi connectivity index (χ1) is 9.31. The van der Waals surface area contributed by atoms with Crippen molar-refractivity contribution < 1.29 is 4.79 Å². The van der Waals surface area contributed by atoms with Crippen molar-refractivity contribution in [2.75, 3.05) is 0 Å². The van der Waals surface area contributed by atoms with Gasteiger partial charge in [-0.3, -0.25) is 4.79 Å². The lowest BCUT2D eigenvalue weighted by Gasteiger charge is -2.07. The lowest BCUT2D eigenvalue weighted by Crippen LogP contribution is -1.99. The highest BCUT2D eigenvalue weighted by molar-refractivity contribution is 7.98. The van der Waals surface area contributed by atoms with Crippen LogP contribution in [0.5, 0.6) is 0 Å². The average molecular weight is 267 g/mol. The fourth-order valence-corrected chi connectivity index (χ4v) is 2.75. The molecule has 2 aromatic rings. The summed E-state index contributed by atoms with van der Waals surface area (Å²) in [7, 11) is 0. The minimum absolute atomic E-state index is 0.0666. The van der Waals surface area contributed by atoms with Gasteiger partial charge in [0.1, 0.15) is 0 Å². The number of carbonyl (C=O) groups excluding carboxylic acids is 1. The van der Waals surface area contributed by atoms with E-state index in [1.807, 2.05) is 42.5 Å². The minimum atomic E-state index is -0.112. The first-order valence-electron chi connectivity index (χ1n) is 5.97. The van der Waals surface area contributed by atoms with Crippen molar-refractivity contribution in [1.29, 1.82) is 5.26 Å². The largest absolute Gasteiger partial charge is 0.293 e. The molecule has 0 aliphatic carbocycles. The van der Waals surface area contributed by atoms with Crippen molar-refractivity contribution in [2.24, 2.45) is 0 Å². The van der Waals surface area contributed by atoms with Crippen molar-refractivity contribution in [3.05, 3.63) is 65.7 Å². The van der Waals surface area contributed by atoms with Gasteiger partial charge in [-0.05, 0) is 11.6 Å². The fourth-order valence-electron chi connectivity index (χ4n) is 1.73. The van der Waals surface area contributed by atoms with Gasteiger partial charge in [-0.25, -0.2) is 0 Å². The molecule has 0 saturated heterocycles. The number of ketones is 1. The maximum atomic E-state index is 11.8. The summed E-state index contributed by atoms with van der Waals surface area (Å²) in [5.74, 6) is 0.705. The maximum Gasteiger partial charge on any atom is 0.178 e. The Kier molecular flexibility index (Phi) is 4.77. The Hall–Kier alpha value is -2.05. The first kappa shape index (κ1) is 13.4. The van der Waals surface area contributed by atoms with Gasteiger partial charge in [-0.1, -0.05) is 48.5 Å². The van der Waals surface area contributed by atoms with Crippen molar-refractivity contribution >= 4 is 17.5 Å². The van der Waals surface area contributed by atoms with Gasteiger partial charge >= 0.3 is 0 Å². The number of thioether (sulfide) groups is 1. The fraction of sp³-hybridized carbons (Fsp3) is 0.125. The van der Waals surface area contributed by atoms with Gasteiger partial charge in [-0.15, -0.1) is 11.8 Å². The highest BCUT2D eigenvalue weighted by Crippen LogP contribution is 2.26. The van der Waals surface area contributed by atoms with Crippen LogP contribution in [0.3, 0.4) is 0 Å². The number of nitriles is 1. The van der Waals surface area contributed by atoms with Crippen molar-refractivity contribution in [2.45, 2.75) is 17.1 Å². The number of benzene rings is 2. The van der Waals surface area contributed by atoms with Gasteiger partial charge in [0.25, 0.3) is 0 Å². The summed E-state index contributed by atoms with van der Waals surface area (Å²) >= 11 is 1.62. The van der Waals surface area contributed by atoms with Gasteiger partial charge in [-0.2, -0.15) is 5.26 Å². The molecule has 0 aliphatic heterocycles. The van der Waals surface area contributed by atoms with E-state index in [1.165, 1.54) is 5.56 Å². The molecule has 0 spiro atoms. The van der Waals surface area contributed by atoms with Crippen molar-refractivity contribution in [3.8, 4) is 6.07 Å². The monoisotopic (exact) mass is 267 g/mol. The van der Waals surface area contributed by atoms with E-state index in [4.69, 9.17) is 5.26 Å². The summed E-state index contributed by atoms with van der Waals surface area (Å²) in [6, 6.07) is 19.5. The molecule has 2 aromatic carbocycles. The second-order valence-electron chi connectivity index (χ2n) is 4.03. The van der Waals surface area contributed by atoms with Crippen LogP contribution >= 0.6 is 11.8 Å². The van der Waals surface area contributed by atoms with Crippen LogP contribution in [-0.4, -0.2) is 5.78 Å². The smallest absolute Gasteiger partial charge is 0.178 e. The third-order valence-electron chi connectivity index (χ3n) is 2.66. The predicted molar refractivity (Wildman–Crippen MR) is 77.0 cm³/mol. The molecule has 0 fully saturated rings. The Morgan fingerprint density at radius 3 is 2.47 bits per heavy atom. The normalized spacial score (nSPS) is 9.84. The third-order valence-corrected chi connectivity index (χ3v) is 3.81. The summed E-state index contributed by atoms with van der Waals surface area (Å²) in [6.45, 7) is 0. The number of hydrogen-bond donors (Lipinski definition) is 0. The van der Waals surface area contributed by atoms with Gasteiger partial charge in [0, 0.05) is 16.2 Å². The summed E-state index contributed by atoms with van der Waals surface area (Å²) in [6.07, 6.45) is -0.0666. The Labute approximate surface area is 117 Å². The summed E-state index contributed by atoms with van der Waals surface area (Å²) < 4.78 is 0. The molecule has 0 unspecified atom stereocenters. The Morgan fingerprint density at radius 1 is 1.05 bits per heavy atom. The van der Waals surface area contributed by atoms with Crippen LogP contribution in [0.4, 0.5) is 0 Å². The molecule has 0 aromatic heterocycles. The quantitative estimate of drug-likeness (QED) is 0.605. The van der Waals surface area contributed by atoms with Crippen LogP contribution in [0.15, 0.2) is 59.5 Å². The molecule has 0 heterocycles. The topological polar surface area (TPSA) is 40.9 Å². The van der Waals surface area contributed by atoms with Crippen LogP contribution in [0.25, 0.3) is 0 Å². The molecule has 2 rings (SSSR count). The van der Waals surface area contributed by atoms with Gasteiger partial charge < -0.3 is 0 Å². The molecular weight excluding hydrogens is 254 g/mol. The summed E-state index contributed by atoms with van der Waals surface area (Å²) in [5.41, 5.74) is 1.86. The number of rotatable bonds is 5. The van der Waals surface area contributed by atoms with Crippen LogP contribution in [-0.2, 0) is 5.75 Å². The zero-order valence-corrected chi connectivity index (χ0v) is 11.2. The highest BCUT2D eigenvalue weighted by atomic mass is 32.2. The lowest BCUT2D eigenvalue weighted by atomic mass is 10.1. The zero-order valence-electron chi connectivity index (χ0n) is 10.4. The molecule has 0 radical (unpaired) electrons. The van der Waals surface area contributed by atoms with E-state index < -0.39 is 0 Å². The van der Waals surface area contributed by atoms with Crippen LogP contribution in [0, 0.1) is 11.3 Å². The van der Waals surface area contributed by atoms with Gasteiger partial charge in [0.2, 0.25) is 0 Å². The van der Waals surface area contributed by atoms with Gasteiger partial charge in [0.15, 0.2) is 5.78 Å². The summed E-state index contributed by atoms with van der Waals surface area (Å²) in [5, 5.41) is 8.62. The summed E-state index contributed by atoms with van der Waals surface area (Å²) in [4.78, 5) is 12.8. The van der Waals surface area contributed by atoms with Crippen molar-refractivity contribution in [3.63, 3.8) is 0 Å². The molecule has 0 aliphatic rings. The van der Waals surface area contributed by atoms with E-state index in [9.17, 15) is 4.79 Å². The van der Waals surface area contributed by atoms with Crippen LogP contribution < -0.4 is 0 Å². The lowest BCUT2D eigenvalue weighted by molar-refractivity contribution is 0.0995. The minimum Gasteiger partial charge on any atom is -0.293 e. The van der Waals surface area contributed by atoms with E-state index in [0.717, 1.165) is 10.6 Å². The number of hydrogen-bond acceptors (Lipinski definition) is 3. The number of nitrogens with zero attached hydrogens (tertiary/aromatic N) is 1. The van der Waals surface area contributed by atoms with Crippen molar-refractivity contribution in [1.82, 2.24) is 0 Å². The van der Waals surface area contributed by atoms with Gasteiger partial charge in [0.05, 0.1) is 12.5 Å². The molecule has 0 bridgehead atoms. The van der Waals surface area contributed by atoms with Crippen LogP contribution in [0.2, 0.25) is 0 Å².